The lowest BCUT2D eigenvalue weighted by Crippen LogP contribution is -2.30. The van der Waals surface area contributed by atoms with Crippen molar-refractivity contribution in [2.75, 3.05) is 9.80 Å². The highest BCUT2D eigenvalue weighted by molar-refractivity contribution is 5.94. The van der Waals surface area contributed by atoms with Crippen LogP contribution in [-0.2, 0) is 10.8 Å². The van der Waals surface area contributed by atoms with Gasteiger partial charge in [0.2, 0.25) is 0 Å². The van der Waals surface area contributed by atoms with Crippen LogP contribution in [0.3, 0.4) is 0 Å². The summed E-state index contributed by atoms with van der Waals surface area (Å²) < 4.78 is 0. The minimum Gasteiger partial charge on any atom is -0.310 e. The predicted molar refractivity (Wildman–Crippen MR) is 258 cm³/mol. The largest absolute Gasteiger partial charge is 0.310 e. The van der Waals surface area contributed by atoms with Crippen molar-refractivity contribution in [2.24, 2.45) is 0 Å². The van der Waals surface area contributed by atoms with E-state index in [4.69, 9.17) is 0 Å². The minimum absolute atomic E-state index is 0.107. The first-order valence-electron chi connectivity index (χ1n) is 20.8. The summed E-state index contributed by atoms with van der Waals surface area (Å²) in [5, 5.41) is 4.90. The molecule has 2 nitrogen and oxygen atoms in total. The van der Waals surface area contributed by atoms with Gasteiger partial charge in [-0.15, -0.1) is 0 Å². The second kappa shape index (κ2) is 16.3. The van der Waals surface area contributed by atoms with E-state index in [-0.39, 0.29) is 10.8 Å². The van der Waals surface area contributed by atoms with Gasteiger partial charge in [-0.2, -0.15) is 0 Å². The lowest BCUT2D eigenvalue weighted by atomic mass is 9.73. The topological polar surface area (TPSA) is 6.48 Å². The van der Waals surface area contributed by atoms with E-state index in [2.05, 4.69) is 232 Å². The molecule has 292 valence electrons. The fourth-order valence-corrected chi connectivity index (χ4v) is 8.24. The molecule has 0 amide bonds. The van der Waals surface area contributed by atoms with Gasteiger partial charge in [-0.1, -0.05) is 162 Å². The highest BCUT2D eigenvalue weighted by Gasteiger charge is 2.36. The number of benzene rings is 8. The van der Waals surface area contributed by atoms with Crippen molar-refractivity contribution >= 4 is 67.8 Å². The monoisotopic (exact) mass is 766 g/mol. The standard InChI is InChI=1S/C53H46N2.C4H8/c1-52(2,3)43-26-30-45(31-27-43)55-50-18-12-11-17-48(50)53(4,5)49-34-38(22-32-51(49)55)20-19-37-21-23-42-36-47(29-25-41(42)33-37)54(44-15-7-6-8-16-44)46-28-24-39-13-9-10-14-40(39)35-46;1-3-4-2/h6-36H,1-5H3;3-4H,1-2H3/b20-19+;4-3-. The van der Waals surface area contributed by atoms with Crippen LogP contribution in [0.4, 0.5) is 34.1 Å². The molecule has 0 aliphatic carbocycles. The summed E-state index contributed by atoms with van der Waals surface area (Å²) in [6.45, 7) is 15.5. The van der Waals surface area contributed by atoms with Gasteiger partial charge >= 0.3 is 0 Å². The lowest BCUT2D eigenvalue weighted by Gasteiger charge is -2.42. The normalized spacial score (nSPS) is 13.3. The summed E-state index contributed by atoms with van der Waals surface area (Å²) in [6, 6.07) is 64.4. The molecule has 1 aliphatic heterocycles. The summed E-state index contributed by atoms with van der Waals surface area (Å²) in [7, 11) is 0. The van der Waals surface area contributed by atoms with Crippen LogP contribution in [0.25, 0.3) is 33.7 Å². The Balaban J connectivity index is 0.00000116. The number of allylic oxidation sites excluding steroid dienone is 2. The first kappa shape index (κ1) is 39.2. The molecule has 0 unspecified atom stereocenters. The Morgan fingerprint density at radius 3 is 1.66 bits per heavy atom. The van der Waals surface area contributed by atoms with Gasteiger partial charge in [0.1, 0.15) is 0 Å². The van der Waals surface area contributed by atoms with Crippen LogP contribution in [-0.4, -0.2) is 0 Å². The number of fused-ring (bicyclic) bond motifs is 4. The molecule has 0 radical (unpaired) electrons. The molecule has 0 fully saturated rings. The van der Waals surface area contributed by atoms with Crippen molar-refractivity contribution in [2.45, 2.75) is 59.3 Å². The fraction of sp³-hybridized carbons (Fsp3) is 0.158. The van der Waals surface area contributed by atoms with Crippen molar-refractivity contribution in [3.8, 4) is 0 Å². The van der Waals surface area contributed by atoms with Crippen molar-refractivity contribution in [3.05, 3.63) is 216 Å². The Labute approximate surface area is 351 Å². The van der Waals surface area contributed by atoms with Crippen LogP contribution in [0.1, 0.15) is 76.3 Å². The molecule has 8 aromatic carbocycles. The average Bonchev–Trinajstić information content (AvgIpc) is 3.26. The molecular formula is C57H54N2. The fourth-order valence-electron chi connectivity index (χ4n) is 8.24. The van der Waals surface area contributed by atoms with Gasteiger partial charge in [0.05, 0.1) is 11.4 Å². The summed E-state index contributed by atoms with van der Waals surface area (Å²) >= 11 is 0. The van der Waals surface area contributed by atoms with Gasteiger partial charge in [0.25, 0.3) is 0 Å². The third kappa shape index (κ3) is 7.96. The molecular weight excluding hydrogens is 713 g/mol. The predicted octanol–water partition coefficient (Wildman–Crippen LogP) is 16.6. The average molecular weight is 767 g/mol. The van der Waals surface area contributed by atoms with E-state index in [0.29, 0.717) is 0 Å². The summed E-state index contributed by atoms with van der Waals surface area (Å²) in [4.78, 5) is 4.78. The van der Waals surface area contributed by atoms with E-state index < -0.39 is 0 Å². The van der Waals surface area contributed by atoms with Crippen molar-refractivity contribution in [1.29, 1.82) is 0 Å². The maximum absolute atomic E-state index is 2.44. The quantitative estimate of drug-likeness (QED) is 0.123. The molecule has 0 bridgehead atoms. The number of para-hydroxylation sites is 2. The van der Waals surface area contributed by atoms with Crippen LogP contribution in [0, 0.1) is 0 Å². The second-order valence-corrected chi connectivity index (χ2v) is 17.0. The van der Waals surface area contributed by atoms with Crippen molar-refractivity contribution in [3.63, 3.8) is 0 Å². The summed E-state index contributed by atoms with van der Waals surface area (Å²) in [5.41, 5.74) is 13.4. The van der Waals surface area contributed by atoms with Gasteiger partial charge in [-0.25, -0.2) is 0 Å². The maximum Gasteiger partial charge on any atom is 0.0503 e. The number of nitrogens with zero attached hydrogens (tertiary/aromatic N) is 2. The van der Waals surface area contributed by atoms with E-state index in [1.807, 2.05) is 26.0 Å². The highest BCUT2D eigenvalue weighted by Crippen LogP contribution is 2.52. The van der Waals surface area contributed by atoms with Crippen LogP contribution in [0.2, 0.25) is 0 Å². The van der Waals surface area contributed by atoms with Gasteiger partial charge in [-0.05, 0) is 141 Å². The molecule has 0 saturated heterocycles. The van der Waals surface area contributed by atoms with Crippen LogP contribution < -0.4 is 9.80 Å². The SMILES string of the molecule is C/C=C\C.CC(C)(C)c1ccc(N2c3ccccc3C(C)(C)c3cc(/C=C/c4ccc5cc(N(c6ccccc6)c6ccc7ccccc7c6)ccc5c4)ccc32)cc1. The molecule has 2 heteroatoms. The molecule has 0 atom stereocenters. The third-order valence-corrected chi connectivity index (χ3v) is 11.7. The van der Waals surface area contributed by atoms with Crippen LogP contribution >= 0.6 is 0 Å². The van der Waals surface area contributed by atoms with Crippen molar-refractivity contribution < 1.29 is 0 Å². The third-order valence-electron chi connectivity index (χ3n) is 11.7. The highest BCUT2D eigenvalue weighted by atomic mass is 15.2. The van der Waals surface area contributed by atoms with E-state index in [0.717, 1.165) is 17.1 Å². The van der Waals surface area contributed by atoms with Crippen LogP contribution in [0.15, 0.2) is 188 Å². The Hall–Kier alpha value is -6.64. The Bertz CT molecular complexity index is 2800. The van der Waals surface area contributed by atoms with Gasteiger partial charge < -0.3 is 9.80 Å². The zero-order valence-electron chi connectivity index (χ0n) is 35.4. The first-order chi connectivity index (χ1) is 28.5. The van der Waals surface area contributed by atoms with Gasteiger partial charge in [-0.3, -0.25) is 0 Å². The Kier molecular flexibility index (Phi) is 10.8. The molecule has 1 aliphatic rings. The van der Waals surface area contributed by atoms with Crippen LogP contribution in [0.5, 0.6) is 0 Å². The molecule has 1 heterocycles. The lowest BCUT2D eigenvalue weighted by molar-refractivity contribution is 0.590. The smallest absolute Gasteiger partial charge is 0.0503 e. The number of rotatable bonds is 6. The second-order valence-electron chi connectivity index (χ2n) is 17.0. The van der Waals surface area contributed by atoms with Gasteiger partial charge in [0.15, 0.2) is 0 Å². The zero-order valence-corrected chi connectivity index (χ0v) is 35.4. The molecule has 0 N–H and O–H groups in total. The number of hydrogen-bond donors (Lipinski definition) is 0. The Morgan fingerprint density at radius 1 is 0.458 bits per heavy atom. The molecule has 0 saturated carbocycles. The summed E-state index contributed by atoms with van der Waals surface area (Å²) in [5.74, 6) is 0. The number of hydrogen-bond acceptors (Lipinski definition) is 2. The first-order valence-corrected chi connectivity index (χ1v) is 20.8. The van der Waals surface area contributed by atoms with E-state index >= 15 is 0 Å². The minimum atomic E-state index is -0.154. The number of anilines is 6. The maximum atomic E-state index is 2.44. The molecule has 9 rings (SSSR count). The zero-order chi connectivity index (χ0) is 41.1. The molecule has 8 aromatic rings. The summed E-state index contributed by atoms with van der Waals surface area (Å²) in [6.07, 6.45) is 8.50. The molecule has 0 spiro atoms. The molecule has 59 heavy (non-hydrogen) atoms. The molecule has 0 aromatic heterocycles. The van der Waals surface area contributed by atoms with Gasteiger partial charge in [0, 0.05) is 28.2 Å². The van der Waals surface area contributed by atoms with E-state index in [1.54, 1.807) is 0 Å². The van der Waals surface area contributed by atoms with Crippen molar-refractivity contribution in [1.82, 2.24) is 0 Å². The Morgan fingerprint density at radius 2 is 0.983 bits per heavy atom. The van der Waals surface area contributed by atoms with E-state index in [1.165, 1.54) is 66.4 Å². The van der Waals surface area contributed by atoms with E-state index in [9.17, 15) is 0 Å².